The summed E-state index contributed by atoms with van der Waals surface area (Å²) in [7, 11) is 9.49. The third kappa shape index (κ3) is 4.52. The fourth-order valence-electron chi connectivity index (χ4n) is 4.34. The molecule has 2 aromatic rings. The molecule has 1 N–H and O–H groups in total. The van der Waals surface area contributed by atoms with Crippen molar-refractivity contribution in [2.45, 2.75) is 12.5 Å². The van der Waals surface area contributed by atoms with E-state index in [1.54, 1.807) is 42.7 Å². The van der Waals surface area contributed by atoms with Gasteiger partial charge in [-0.25, -0.2) is 0 Å². The average Bonchev–Trinajstić information content (AvgIpc) is 3.24. The van der Waals surface area contributed by atoms with E-state index in [0.717, 1.165) is 11.1 Å². The minimum absolute atomic E-state index is 0.0174. The summed E-state index contributed by atoms with van der Waals surface area (Å²) in [5, 5.41) is 10.2. The van der Waals surface area contributed by atoms with Crippen molar-refractivity contribution in [2.75, 3.05) is 55.9 Å². The second-order valence-corrected chi connectivity index (χ2v) is 7.56. The predicted molar refractivity (Wildman–Crippen MR) is 119 cm³/mol. The van der Waals surface area contributed by atoms with Gasteiger partial charge in [0.25, 0.3) is 0 Å². The Hall–Kier alpha value is -2.84. The lowest BCUT2D eigenvalue weighted by Crippen LogP contribution is -2.21. The summed E-state index contributed by atoms with van der Waals surface area (Å²) in [6, 6.07) is 7.61. The summed E-state index contributed by atoms with van der Waals surface area (Å²) in [5.41, 5.74) is 1.88. The quantitative estimate of drug-likeness (QED) is 0.593. The Morgan fingerprint density at radius 1 is 0.750 bits per heavy atom. The first-order valence-corrected chi connectivity index (χ1v) is 10.4. The van der Waals surface area contributed by atoms with Gasteiger partial charge in [0.1, 0.15) is 0 Å². The number of hydrogen-bond donors (Lipinski definition) is 1. The average molecular weight is 449 g/mol. The van der Waals surface area contributed by atoms with E-state index in [2.05, 4.69) is 0 Å². The van der Waals surface area contributed by atoms with Crippen LogP contribution in [0.4, 0.5) is 0 Å². The SMILES string of the molecule is COc1cc(CC2COC(c3cc(OC)c(OC)c(OC)c3)C2CO)cc(OC)c1OC. The molecule has 1 heterocycles. The molecule has 0 bridgehead atoms. The fraction of sp³-hybridized carbons (Fsp3) is 0.500. The van der Waals surface area contributed by atoms with E-state index < -0.39 is 0 Å². The third-order valence-corrected chi connectivity index (χ3v) is 5.93. The van der Waals surface area contributed by atoms with Crippen molar-refractivity contribution in [2.24, 2.45) is 11.8 Å². The minimum atomic E-state index is -0.305. The van der Waals surface area contributed by atoms with E-state index in [1.807, 2.05) is 24.3 Å². The standard InChI is InChI=1S/C24H32O8/c1-26-18-8-14(9-19(27-2)23(18)30-5)7-16-13-32-22(17(16)12-25)15-10-20(28-3)24(31-6)21(11-15)29-4/h8-11,16-17,22,25H,7,12-13H2,1-6H3. The van der Waals surface area contributed by atoms with E-state index >= 15 is 0 Å². The molecule has 1 aliphatic heterocycles. The topological polar surface area (TPSA) is 84.8 Å². The van der Waals surface area contributed by atoms with Crippen molar-refractivity contribution in [1.82, 2.24) is 0 Å². The van der Waals surface area contributed by atoms with Crippen LogP contribution in [0.15, 0.2) is 24.3 Å². The summed E-state index contributed by atoms with van der Waals surface area (Å²) in [4.78, 5) is 0. The number of ether oxygens (including phenoxy) is 7. The summed E-state index contributed by atoms with van der Waals surface area (Å²) in [6.45, 7) is 0.486. The molecule has 3 unspecified atom stereocenters. The molecule has 32 heavy (non-hydrogen) atoms. The highest BCUT2D eigenvalue weighted by Gasteiger charge is 2.38. The van der Waals surface area contributed by atoms with Crippen LogP contribution in [0.1, 0.15) is 17.2 Å². The van der Waals surface area contributed by atoms with Gasteiger partial charge in [-0.05, 0) is 47.7 Å². The lowest BCUT2D eigenvalue weighted by atomic mass is 9.84. The van der Waals surface area contributed by atoms with E-state index in [4.69, 9.17) is 33.2 Å². The maximum absolute atomic E-state index is 10.2. The van der Waals surface area contributed by atoms with E-state index in [1.165, 1.54) is 0 Å². The first-order valence-electron chi connectivity index (χ1n) is 10.4. The molecule has 0 radical (unpaired) electrons. The molecule has 3 atom stereocenters. The van der Waals surface area contributed by atoms with Crippen LogP contribution in [-0.2, 0) is 11.2 Å². The van der Waals surface area contributed by atoms with Gasteiger partial charge in [0.2, 0.25) is 11.5 Å². The monoisotopic (exact) mass is 448 g/mol. The van der Waals surface area contributed by atoms with Gasteiger partial charge in [-0.1, -0.05) is 0 Å². The van der Waals surface area contributed by atoms with Gasteiger partial charge in [0.15, 0.2) is 23.0 Å². The van der Waals surface area contributed by atoms with Gasteiger partial charge in [-0.2, -0.15) is 0 Å². The molecule has 8 nitrogen and oxygen atoms in total. The molecular formula is C24H32O8. The number of rotatable bonds is 10. The van der Waals surface area contributed by atoms with Crippen molar-refractivity contribution < 1.29 is 38.3 Å². The van der Waals surface area contributed by atoms with Crippen LogP contribution in [0, 0.1) is 11.8 Å². The highest BCUT2D eigenvalue weighted by atomic mass is 16.5. The van der Waals surface area contributed by atoms with Gasteiger partial charge in [-0.3, -0.25) is 0 Å². The lowest BCUT2D eigenvalue weighted by molar-refractivity contribution is 0.0715. The molecular weight excluding hydrogens is 416 g/mol. The lowest BCUT2D eigenvalue weighted by Gasteiger charge is -2.23. The van der Waals surface area contributed by atoms with Crippen LogP contribution in [-0.4, -0.2) is 61.0 Å². The van der Waals surface area contributed by atoms with Gasteiger partial charge in [-0.15, -0.1) is 0 Å². The molecule has 0 saturated carbocycles. The van der Waals surface area contributed by atoms with Gasteiger partial charge in [0, 0.05) is 12.5 Å². The Morgan fingerprint density at radius 2 is 1.22 bits per heavy atom. The molecule has 2 aromatic carbocycles. The molecule has 0 amide bonds. The van der Waals surface area contributed by atoms with Crippen molar-refractivity contribution in [1.29, 1.82) is 0 Å². The van der Waals surface area contributed by atoms with Crippen LogP contribution in [0.25, 0.3) is 0 Å². The van der Waals surface area contributed by atoms with E-state index in [0.29, 0.717) is 47.5 Å². The van der Waals surface area contributed by atoms with Crippen molar-refractivity contribution in [3.8, 4) is 34.5 Å². The zero-order valence-corrected chi connectivity index (χ0v) is 19.5. The van der Waals surface area contributed by atoms with Crippen LogP contribution in [0.2, 0.25) is 0 Å². The Morgan fingerprint density at radius 3 is 1.62 bits per heavy atom. The summed E-state index contributed by atoms with van der Waals surface area (Å²) in [5.74, 6) is 3.35. The Labute approximate surface area is 188 Å². The largest absolute Gasteiger partial charge is 0.493 e. The summed E-state index contributed by atoms with van der Waals surface area (Å²) < 4.78 is 38.9. The highest BCUT2D eigenvalue weighted by Crippen LogP contribution is 2.46. The van der Waals surface area contributed by atoms with Gasteiger partial charge >= 0.3 is 0 Å². The van der Waals surface area contributed by atoms with Gasteiger partial charge < -0.3 is 38.3 Å². The smallest absolute Gasteiger partial charge is 0.203 e. The molecule has 1 fully saturated rings. The molecule has 0 aliphatic carbocycles. The Kier molecular flexibility index (Phi) is 7.93. The number of methoxy groups -OCH3 is 6. The first kappa shape index (κ1) is 23.8. The second-order valence-electron chi connectivity index (χ2n) is 7.56. The molecule has 3 rings (SSSR count). The van der Waals surface area contributed by atoms with Gasteiger partial charge in [0.05, 0.1) is 55.4 Å². The van der Waals surface area contributed by atoms with Crippen LogP contribution in [0.5, 0.6) is 34.5 Å². The minimum Gasteiger partial charge on any atom is -0.493 e. The number of benzene rings is 2. The molecule has 1 saturated heterocycles. The molecule has 176 valence electrons. The summed E-state index contributed by atoms with van der Waals surface area (Å²) in [6.07, 6.45) is 0.379. The fourth-order valence-corrected chi connectivity index (χ4v) is 4.34. The first-order chi connectivity index (χ1) is 15.5. The zero-order chi connectivity index (χ0) is 23.3. The summed E-state index contributed by atoms with van der Waals surface area (Å²) >= 11 is 0. The molecule has 1 aliphatic rings. The molecule has 8 heteroatoms. The zero-order valence-electron chi connectivity index (χ0n) is 19.5. The number of hydrogen-bond acceptors (Lipinski definition) is 8. The van der Waals surface area contributed by atoms with Crippen LogP contribution >= 0.6 is 0 Å². The molecule has 0 spiro atoms. The highest BCUT2D eigenvalue weighted by molar-refractivity contribution is 5.55. The van der Waals surface area contributed by atoms with Crippen molar-refractivity contribution in [3.05, 3.63) is 35.4 Å². The maximum Gasteiger partial charge on any atom is 0.203 e. The predicted octanol–water partition coefficient (Wildman–Crippen LogP) is 3.28. The van der Waals surface area contributed by atoms with Crippen molar-refractivity contribution >= 4 is 0 Å². The number of aliphatic hydroxyl groups excluding tert-OH is 1. The van der Waals surface area contributed by atoms with Crippen LogP contribution < -0.4 is 28.4 Å². The maximum atomic E-state index is 10.2. The Balaban J connectivity index is 1.89. The molecule has 0 aromatic heterocycles. The van der Waals surface area contributed by atoms with Crippen molar-refractivity contribution in [3.63, 3.8) is 0 Å². The van der Waals surface area contributed by atoms with E-state index in [9.17, 15) is 5.11 Å². The third-order valence-electron chi connectivity index (χ3n) is 5.93. The Bertz CT molecular complexity index is 863. The van der Waals surface area contributed by atoms with E-state index in [-0.39, 0.29) is 24.5 Å². The van der Waals surface area contributed by atoms with Crippen LogP contribution in [0.3, 0.4) is 0 Å². The second kappa shape index (κ2) is 10.7. The normalized spacial score (nSPS) is 20.0. The number of aliphatic hydroxyl groups is 1.